The van der Waals surface area contributed by atoms with Gasteiger partial charge in [-0.15, -0.1) is 0 Å². The number of ether oxygens (including phenoxy) is 3. The summed E-state index contributed by atoms with van der Waals surface area (Å²) in [4.78, 5) is 61.8. The molecule has 3 heterocycles. The van der Waals surface area contributed by atoms with Crippen molar-refractivity contribution in [3.63, 3.8) is 0 Å². The molecule has 1 saturated heterocycles. The highest BCUT2D eigenvalue weighted by molar-refractivity contribution is 7.91. The zero-order valence-electron chi connectivity index (χ0n) is 35.9. The first-order valence-electron chi connectivity index (χ1n) is 21.3. The van der Waals surface area contributed by atoms with Gasteiger partial charge in [-0.1, -0.05) is 32.4 Å². The van der Waals surface area contributed by atoms with E-state index in [0.29, 0.717) is 72.2 Å². The van der Waals surface area contributed by atoms with E-state index in [-0.39, 0.29) is 37.2 Å². The van der Waals surface area contributed by atoms with Gasteiger partial charge < -0.3 is 34.9 Å². The Morgan fingerprint density at radius 3 is 2.52 bits per heavy atom. The number of nitrogens with zero attached hydrogens (tertiary/aromatic N) is 2. The number of fused-ring (bicyclic) bond motifs is 3. The molecule has 3 fully saturated rings. The number of carbonyl (C=O) groups is 4. The SMILES string of the molecule is CC[C@@H]1C[C@H](C)CC/C=C\C2CC2(C(=O)NS(=O)(=O)C2(C)CC2)NC(=O)[C@@H]2C[C@@H](Oc3cc(-c4ccc(OC(C)C)c(F)c4)nc4cc(OC)ccc34)CN2C(=O)[C@H]1NC(=O)O. The quantitative estimate of drug-likeness (QED) is 0.162. The van der Waals surface area contributed by atoms with Crippen molar-refractivity contribution in [2.24, 2.45) is 17.8 Å². The first kappa shape index (κ1) is 44.6. The van der Waals surface area contributed by atoms with Crippen LogP contribution in [0.2, 0.25) is 0 Å². The van der Waals surface area contributed by atoms with Gasteiger partial charge in [0.2, 0.25) is 21.8 Å². The minimum atomic E-state index is -4.05. The number of carboxylic acid groups (broad SMARTS) is 1. The Morgan fingerprint density at radius 1 is 1.10 bits per heavy atom. The number of hydrogen-bond acceptors (Lipinski definition) is 10. The van der Waals surface area contributed by atoms with Crippen LogP contribution in [0.5, 0.6) is 17.2 Å². The second-order valence-corrected chi connectivity index (χ2v) is 20.0. The van der Waals surface area contributed by atoms with Crippen LogP contribution in [0.1, 0.15) is 86.0 Å². The van der Waals surface area contributed by atoms with Crippen LogP contribution in [0, 0.1) is 23.6 Å². The molecule has 7 rings (SSSR count). The lowest BCUT2D eigenvalue weighted by atomic mass is 9.85. The molecule has 2 aliphatic heterocycles. The molecule has 4 aliphatic rings. The lowest BCUT2D eigenvalue weighted by Crippen LogP contribution is -2.59. The Hall–Kier alpha value is -5.45. The Balaban J connectivity index is 1.26. The van der Waals surface area contributed by atoms with Crippen LogP contribution in [-0.2, 0) is 24.4 Å². The number of amides is 4. The summed E-state index contributed by atoms with van der Waals surface area (Å²) in [6.07, 6.45) is 4.50. The molecular weight excluding hydrogens is 822 g/mol. The van der Waals surface area contributed by atoms with E-state index in [1.165, 1.54) is 24.1 Å². The smallest absolute Gasteiger partial charge is 0.405 e. The Kier molecular flexibility index (Phi) is 12.5. The van der Waals surface area contributed by atoms with Gasteiger partial charge in [0.05, 0.1) is 35.7 Å². The van der Waals surface area contributed by atoms with Crippen molar-refractivity contribution < 1.29 is 51.3 Å². The Bertz CT molecular complexity index is 2390. The number of hydrogen-bond donors (Lipinski definition) is 4. The average molecular weight is 878 g/mol. The third-order valence-corrected chi connectivity index (χ3v) is 14.9. The fourth-order valence-electron chi connectivity index (χ4n) is 8.69. The topological polar surface area (TPSA) is 203 Å². The summed E-state index contributed by atoms with van der Waals surface area (Å²) in [5.74, 6) is -2.68. The number of nitrogens with one attached hydrogen (secondary N) is 3. The van der Waals surface area contributed by atoms with Gasteiger partial charge >= 0.3 is 6.09 Å². The standard InChI is InChI=1S/C45H56FN5O10S/c1-7-27-18-26(4)10-8-9-11-29-23-45(29,42(54)50-62(57,58)44(5)16-17-44)49-40(52)36-21-31(24-51(36)41(53)39(27)48-43(55)56)61-38-22-34(47-35-20-30(59-6)13-14-32(35)38)28-12-15-37(33(46)19-28)60-25(2)3/h9,11-15,19-20,22,25-27,29,31,36,39,48H,7-8,10,16-18,21,23-24H2,1-6H3,(H,49,52)(H,50,54)(H,55,56)/b11-9-/t26-,27-,29?,31-,36+,39+,45?/m1/s1. The zero-order chi connectivity index (χ0) is 44.7. The van der Waals surface area contributed by atoms with Crippen molar-refractivity contribution in [1.29, 1.82) is 0 Å². The number of benzene rings is 2. The fourth-order valence-corrected chi connectivity index (χ4v) is 10.00. The summed E-state index contributed by atoms with van der Waals surface area (Å²) < 4.78 is 60.8. The van der Waals surface area contributed by atoms with E-state index in [9.17, 15) is 32.7 Å². The van der Waals surface area contributed by atoms with Crippen molar-refractivity contribution in [2.75, 3.05) is 13.7 Å². The highest BCUT2D eigenvalue weighted by Gasteiger charge is 2.63. The molecule has 334 valence electrons. The van der Waals surface area contributed by atoms with Gasteiger partial charge in [-0.2, -0.15) is 0 Å². The van der Waals surface area contributed by atoms with E-state index in [1.807, 2.05) is 26.0 Å². The highest BCUT2D eigenvalue weighted by Crippen LogP contribution is 2.48. The molecule has 2 saturated carbocycles. The van der Waals surface area contributed by atoms with Crippen LogP contribution in [-0.4, -0.2) is 95.5 Å². The van der Waals surface area contributed by atoms with Gasteiger partial charge in [-0.25, -0.2) is 22.6 Å². The Morgan fingerprint density at radius 2 is 1.85 bits per heavy atom. The molecule has 62 heavy (non-hydrogen) atoms. The molecule has 3 aromatic rings. The molecular formula is C45H56FN5O10S. The van der Waals surface area contributed by atoms with Gasteiger partial charge in [0.15, 0.2) is 11.6 Å². The fraction of sp³-hybridized carbons (Fsp3) is 0.533. The third kappa shape index (κ3) is 9.18. The number of aromatic nitrogens is 1. The summed E-state index contributed by atoms with van der Waals surface area (Å²) in [6, 6.07) is 8.91. The van der Waals surface area contributed by atoms with Gasteiger partial charge in [-0.05, 0) is 101 Å². The number of methoxy groups -OCH3 is 1. The average Bonchev–Trinajstić information content (AvgIpc) is 4.10. The van der Waals surface area contributed by atoms with Crippen molar-refractivity contribution in [2.45, 2.75) is 121 Å². The molecule has 2 aliphatic carbocycles. The molecule has 2 aromatic carbocycles. The minimum Gasteiger partial charge on any atom is -0.497 e. The first-order chi connectivity index (χ1) is 29.4. The van der Waals surface area contributed by atoms with Crippen molar-refractivity contribution in [1.82, 2.24) is 25.2 Å². The second-order valence-electron chi connectivity index (χ2n) is 17.8. The van der Waals surface area contributed by atoms with Crippen LogP contribution >= 0.6 is 0 Å². The molecule has 0 bridgehead atoms. The van der Waals surface area contributed by atoms with Crippen LogP contribution in [0.15, 0.2) is 54.6 Å². The van der Waals surface area contributed by atoms with Crippen LogP contribution in [0.25, 0.3) is 22.2 Å². The largest absolute Gasteiger partial charge is 0.497 e. The molecule has 4 N–H and O–H groups in total. The summed E-state index contributed by atoms with van der Waals surface area (Å²) in [7, 11) is -2.54. The van der Waals surface area contributed by atoms with Crippen molar-refractivity contribution >= 4 is 44.7 Å². The molecule has 0 spiro atoms. The lowest BCUT2D eigenvalue weighted by Gasteiger charge is -2.33. The molecule has 1 aromatic heterocycles. The van der Waals surface area contributed by atoms with Crippen molar-refractivity contribution in [3.05, 3.63) is 60.4 Å². The van der Waals surface area contributed by atoms with Crippen LogP contribution < -0.4 is 29.6 Å². The summed E-state index contributed by atoms with van der Waals surface area (Å²) in [5, 5.41) is 15.9. The van der Waals surface area contributed by atoms with Gasteiger partial charge in [0.25, 0.3) is 5.91 Å². The third-order valence-electron chi connectivity index (χ3n) is 12.7. The first-order valence-corrected chi connectivity index (χ1v) is 22.8. The molecule has 2 unspecified atom stereocenters. The molecule has 15 nitrogen and oxygen atoms in total. The van der Waals surface area contributed by atoms with Gasteiger partial charge in [-0.3, -0.25) is 19.1 Å². The predicted molar refractivity (Wildman–Crippen MR) is 229 cm³/mol. The van der Waals surface area contributed by atoms with E-state index in [0.717, 1.165) is 0 Å². The number of carbonyl (C=O) groups excluding carboxylic acids is 3. The van der Waals surface area contributed by atoms with E-state index in [4.69, 9.17) is 19.2 Å². The van der Waals surface area contributed by atoms with Gasteiger partial charge in [0.1, 0.15) is 35.2 Å². The summed E-state index contributed by atoms with van der Waals surface area (Å²) in [5.41, 5.74) is -0.351. The molecule has 17 heteroatoms. The number of pyridine rings is 1. The number of allylic oxidation sites excluding steroid dienone is 1. The maximum atomic E-state index is 15.3. The number of sulfonamides is 1. The lowest BCUT2D eigenvalue weighted by molar-refractivity contribution is -0.142. The van der Waals surface area contributed by atoms with Gasteiger partial charge in [0, 0.05) is 35.4 Å². The zero-order valence-corrected chi connectivity index (χ0v) is 36.7. The van der Waals surface area contributed by atoms with Crippen molar-refractivity contribution in [3.8, 4) is 28.5 Å². The second kappa shape index (κ2) is 17.4. The molecule has 7 atom stereocenters. The Labute approximate surface area is 361 Å². The van der Waals surface area contributed by atoms with Crippen LogP contribution in [0.3, 0.4) is 0 Å². The maximum Gasteiger partial charge on any atom is 0.405 e. The summed E-state index contributed by atoms with van der Waals surface area (Å²) in [6.45, 7) is 8.94. The monoisotopic (exact) mass is 877 g/mol. The van der Waals surface area contributed by atoms with E-state index in [1.54, 1.807) is 51.1 Å². The van der Waals surface area contributed by atoms with E-state index in [2.05, 4.69) is 15.4 Å². The van der Waals surface area contributed by atoms with E-state index >= 15 is 4.39 Å². The summed E-state index contributed by atoms with van der Waals surface area (Å²) >= 11 is 0. The normalized spacial score (nSPS) is 27.8. The molecule has 4 amide bonds. The number of rotatable bonds is 11. The highest BCUT2D eigenvalue weighted by atomic mass is 32.2. The van der Waals surface area contributed by atoms with E-state index < -0.39 is 80.0 Å². The predicted octanol–water partition coefficient (Wildman–Crippen LogP) is 6.10. The number of halogens is 1. The maximum absolute atomic E-state index is 15.3. The minimum absolute atomic E-state index is 0.0652. The molecule has 0 radical (unpaired) electrons. The van der Waals surface area contributed by atoms with Crippen LogP contribution in [0.4, 0.5) is 9.18 Å².